The maximum atomic E-state index is 12.9. The first kappa shape index (κ1) is 14.8. The predicted octanol–water partition coefficient (Wildman–Crippen LogP) is 4.26. The van der Waals surface area contributed by atoms with E-state index in [0.717, 1.165) is 0 Å². The third kappa shape index (κ3) is 4.21. The first-order valence-corrected chi connectivity index (χ1v) is 6.85. The zero-order chi connectivity index (χ0) is 14.5. The molecule has 0 atom stereocenters. The fourth-order valence-corrected chi connectivity index (χ4v) is 2.15. The van der Waals surface area contributed by atoms with Crippen LogP contribution in [0.5, 0.6) is 5.75 Å². The van der Waals surface area contributed by atoms with E-state index in [2.05, 4.69) is 21.2 Å². The normalized spacial score (nSPS) is 10.2. The van der Waals surface area contributed by atoms with Crippen molar-refractivity contribution in [2.45, 2.75) is 0 Å². The molecule has 0 saturated heterocycles. The van der Waals surface area contributed by atoms with Crippen LogP contribution in [-0.2, 0) is 4.79 Å². The molecule has 0 aliphatic heterocycles. The lowest BCUT2D eigenvalue weighted by atomic mass is 10.3. The van der Waals surface area contributed by atoms with Crippen LogP contribution in [0.1, 0.15) is 0 Å². The number of ether oxygens (including phenoxy) is 1. The van der Waals surface area contributed by atoms with Crippen LogP contribution in [0.3, 0.4) is 0 Å². The highest BCUT2D eigenvalue weighted by Crippen LogP contribution is 2.25. The monoisotopic (exact) mass is 357 g/mol. The molecule has 2 rings (SSSR count). The topological polar surface area (TPSA) is 38.3 Å². The summed E-state index contributed by atoms with van der Waals surface area (Å²) in [5.74, 6) is -0.316. The fraction of sp³-hybridized carbons (Fsp3) is 0.0714. The Bertz CT molecular complexity index is 636. The third-order valence-corrected chi connectivity index (χ3v) is 3.22. The van der Waals surface area contributed by atoms with Crippen LogP contribution in [0, 0.1) is 5.82 Å². The van der Waals surface area contributed by atoms with Gasteiger partial charge in [0.15, 0.2) is 6.61 Å². The molecule has 0 fully saturated rings. The largest absolute Gasteiger partial charge is 0.483 e. The molecule has 0 radical (unpaired) electrons. The number of amides is 1. The van der Waals surface area contributed by atoms with E-state index in [1.165, 1.54) is 18.2 Å². The van der Waals surface area contributed by atoms with Crippen molar-refractivity contribution in [2.75, 3.05) is 11.9 Å². The van der Waals surface area contributed by atoms with Gasteiger partial charge >= 0.3 is 0 Å². The smallest absolute Gasteiger partial charge is 0.262 e. The molecule has 1 amide bonds. The number of hydrogen-bond acceptors (Lipinski definition) is 2. The Morgan fingerprint density at radius 2 is 2.10 bits per heavy atom. The Kier molecular flexibility index (Phi) is 4.98. The highest BCUT2D eigenvalue weighted by molar-refractivity contribution is 9.10. The number of hydrogen-bond donors (Lipinski definition) is 1. The molecule has 0 saturated carbocycles. The number of carbonyl (C=O) groups is 1. The minimum absolute atomic E-state index is 0.184. The van der Waals surface area contributed by atoms with Crippen LogP contribution in [0.4, 0.5) is 10.1 Å². The van der Waals surface area contributed by atoms with E-state index < -0.39 is 0 Å². The molecule has 104 valence electrons. The van der Waals surface area contributed by atoms with Crippen molar-refractivity contribution in [3.05, 3.63) is 57.8 Å². The van der Waals surface area contributed by atoms with Crippen molar-refractivity contribution in [2.24, 2.45) is 0 Å². The summed E-state index contributed by atoms with van der Waals surface area (Å²) in [5.41, 5.74) is 0.587. The van der Waals surface area contributed by atoms with E-state index in [1.807, 2.05) is 0 Å². The fourth-order valence-electron chi connectivity index (χ4n) is 1.50. The van der Waals surface area contributed by atoms with Gasteiger partial charge in [0.2, 0.25) is 0 Å². The van der Waals surface area contributed by atoms with E-state index in [9.17, 15) is 9.18 Å². The van der Waals surface area contributed by atoms with Crippen LogP contribution in [0.25, 0.3) is 0 Å². The van der Waals surface area contributed by atoms with Gasteiger partial charge < -0.3 is 10.1 Å². The quantitative estimate of drug-likeness (QED) is 0.887. The Labute approximate surface area is 128 Å². The summed E-state index contributed by atoms with van der Waals surface area (Å²) >= 11 is 8.97. The average Bonchev–Trinajstić information content (AvgIpc) is 2.37. The molecule has 20 heavy (non-hydrogen) atoms. The van der Waals surface area contributed by atoms with Gasteiger partial charge in [-0.05, 0) is 52.3 Å². The summed E-state index contributed by atoms with van der Waals surface area (Å²) in [6.07, 6.45) is 0. The molecule has 0 spiro atoms. The number of benzene rings is 2. The molecule has 0 aliphatic rings. The van der Waals surface area contributed by atoms with Gasteiger partial charge in [-0.1, -0.05) is 17.7 Å². The molecule has 2 aromatic carbocycles. The highest BCUT2D eigenvalue weighted by Gasteiger charge is 2.07. The van der Waals surface area contributed by atoms with Gasteiger partial charge in [-0.3, -0.25) is 4.79 Å². The van der Waals surface area contributed by atoms with Gasteiger partial charge in [0, 0.05) is 10.7 Å². The van der Waals surface area contributed by atoms with Crippen LogP contribution in [0.2, 0.25) is 5.02 Å². The summed E-state index contributed by atoms with van der Waals surface area (Å²) in [6, 6.07) is 10.8. The lowest BCUT2D eigenvalue weighted by molar-refractivity contribution is -0.118. The van der Waals surface area contributed by atoms with Crippen LogP contribution in [0.15, 0.2) is 46.9 Å². The van der Waals surface area contributed by atoms with E-state index in [0.29, 0.717) is 20.9 Å². The zero-order valence-corrected chi connectivity index (χ0v) is 12.5. The van der Waals surface area contributed by atoms with Crippen molar-refractivity contribution in [3.63, 3.8) is 0 Å². The second-order valence-electron chi connectivity index (χ2n) is 3.92. The molecule has 3 nitrogen and oxygen atoms in total. The van der Waals surface area contributed by atoms with Gasteiger partial charge in [0.25, 0.3) is 5.91 Å². The van der Waals surface area contributed by atoms with Gasteiger partial charge in [-0.25, -0.2) is 4.39 Å². The molecule has 0 aliphatic carbocycles. The Hall–Kier alpha value is -1.59. The average molecular weight is 359 g/mol. The first-order chi connectivity index (χ1) is 9.54. The Morgan fingerprint density at radius 3 is 2.80 bits per heavy atom. The summed E-state index contributed by atoms with van der Waals surface area (Å²) < 4.78 is 18.6. The maximum Gasteiger partial charge on any atom is 0.262 e. The number of nitrogens with one attached hydrogen (secondary N) is 1. The van der Waals surface area contributed by atoms with Crippen LogP contribution >= 0.6 is 27.5 Å². The van der Waals surface area contributed by atoms with Crippen molar-refractivity contribution in [3.8, 4) is 5.75 Å². The summed E-state index contributed by atoms with van der Waals surface area (Å²) in [6.45, 7) is -0.184. The summed E-state index contributed by atoms with van der Waals surface area (Å²) in [5, 5.41) is 3.18. The third-order valence-electron chi connectivity index (χ3n) is 2.36. The highest BCUT2D eigenvalue weighted by atomic mass is 79.9. The minimum Gasteiger partial charge on any atom is -0.483 e. The molecule has 0 aromatic heterocycles. The molecular weight excluding hydrogens is 349 g/mol. The van der Waals surface area contributed by atoms with Gasteiger partial charge in [-0.15, -0.1) is 0 Å². The first-order valence-electron chi connectivity index (χ1n) is 5.68. The number of carbonyl (C=O) groups excluding carboxylic acids is 1. The standard InChI is InChI=1S/C14H10BrClFNO2/c15-12-7-10(17)4-5-13(12)20-8-14(19)18-11-3-1-2-9(16)6-11/h1-7H,8H2,(H,18,19). The summed E-state index contributed by atoms with van der Waals surface area (Å²) in [7, 11) is 0. The van der Waals surface area contributed by atoms with Crippen LogP contribution < -0.4 is 10.1 Å². The lowest BCUT2D eigenvalue weighted by Gasteiger charge is -2.09. The molecular formula is C14H10BrClFNO2. The molecule has 0 bridgehead atoms. The van der Waals surface area contributed by atoms with Crippen molar-refractivity contribution in [1.82, 2.24) is 0 Å². The molecule has 1 N–H and O–H groups in total. The van der Waals surface area contributed by atoms with E-state index in [4.69, 9.17) is 16.3 Å². The van der Waals surface area contributed by atoms with E-state index in [-0.39, 0.29) is 18.3 Å². The number of anilines is 1. The zero-order valence-electron chi connectivity index (χ0n) is 10.2. The maximum absolute atomic E-state index is 12.9. The second kappa shape index (κ2) is 6.72. The Morgan fingerprint density at radius 1 is 1.30 bits per heavy atom. The molecule has 0 unspecified atom stereocenters. The van der Waals surface area contributed by atoms with Crippen molar-refractivity contribution in [1.29, 1.82) is 0 Å². The van der Waals surface area contributed by atoms with Gasteiger partial charge in [-0.2, -0.15) is 0 Å². The van der Waals surface area contributed by atoms with Crippen molar-refractivity contribution < 1.29 is 13.9 Å². The molecule has 6 heteroatoms. The van der Waals surface area contributed by atoms with Gasteiger partial charge in [0.05, 0.1) is 4.47 Å². The minimum atomic E-state index is -0.382. The summed E-state index contributed by atoms with van der Waals surface area (Å²) in [4.78, 5) is 11.7. The van der Waals surface area contributed by atoms with E-state index >= 15 is 0 Å². The van der Waals surface area contributed by atoms with E-state index in [1.54, 1.807) is 24.3 Å². The van der Waals surface area contributed by atoms with Gasteiger partial charge in [0.1, 0.15) is 11.6 Å². The molecule has 0 heterocycles. The van der Waals surface area contributed by atoms with Crippen molar-refractivity contribution >= 4 is 39.1 Å². The molecule has 2 aromatic rings. The second-order valence-corrected chi connectivity index (χ2v) is 5.21. The lowest BCUT2D eigenvalue weighted by Crippen LogP contribution is -2.20. The number of halogens is 3. The Balaban J connectivity index is 1.92. The number of rotatable bonds is 4. The van der Waals surface area contributed by atoms with Crippen LogP contribution in [-0.4, -0.2) is 12.5 Å². The SMILES string of the molecule is O=C(COc1ccc(F)cc1Br)Nc1cccc(Cl)c1. The predicted molar refractivity (Wildman–Crippen MR) is 79.7 cm³/mol.